The van der Waals surface area contributed by atoms with E-state index in [9.17, 15) is 0 Å². The van der Waals surface area contributed by atoms with Crippen molar-refractivity contribution in [2.45, 2.75) is 327 Å². The van der Waals surface area contributed by atoms with E-state index in [-0.39, 0.29) is 0 Å². The van der Waals surface area contributed by atoms with Crippen LogP contribution < -0.4 is 0 Å². The van der Waals surface area contributed by atoms with Crippen molar-refractivity contribution in [2.75, 3.05) is 0 Å². The first kappa shape index (κ1) is 55.5. The fourth-order valence-corrected chi connectivity index (χ4v) is 14.9. The molecule has 0 bridgehead atoms. The Hall–Kier alpha value is 0.532. The first-order chi connectivity index (χ1) is 27.1. The van der Waals surface area contributed by atoms with Gasteiger partial charge in [0, 0.05) is 0 Å². The molecule has 0 N–H and O–H groups in total. The van der Waals surface area contributed by atoms with Crippen LogP contribution >= 0.6 is 0 Å². The maximum Gasteiger partial charge on any atom is 0.262 e. The smallest absolute Gasteiger partial charge is 0.0910 e. The third kappa shape index (κ3) is 41.1. The summed E-state index contributed by atoms with van der Waals surface area (Å²) in [5.74, 6) is 3.17. The molecule has 0 fully saturated rings. The van der Waals surface area contributed by atoms with Gasteiger partial charge in [-0.25, -0.2) is 0 Å². The Bertz CT molecular complexity index is 582. The first-order valence-corrected chi connectivity index (χ1v) is 29.6. The van der Waals surface area contributed by atoms with Crippen molar-refractivity contribution < 1.29 is 0 Å². The molecular formula is C54H111Al. The monoisotopic (exact) mass is 787 g/mol. The highest BCUT2D eigenvalue weighted by molar-refractivity contribution is 6.59. The van der Waals surface area contributed by atoms with Crippen molar-refractivity contribution in [1.29, 1.82) is 0 Å². The lowest BCUT2D eigenvalue weighted by Gasteiger charge is -2.28. The molecule has 0 aromatic heterocycles. The molecule has 0 saturated carbocycles. The average molecular weight is 787 g/mol. The minimum Gasteiger partial charge on any atom is -0.0910 e. The molecule has 0 aliphatic rings. The van der Waals surface area contributed by atoms with Gasteiger partial charge in [0.05, 0.1) is 0 Å². The summed E-state index contributed by atoms with van der Waals surface area (Å²) >= 11 is -0.825. The quantitative estimate of drug-likeness (QED) is 0.0426. The predicted octanol–water partition coefficient (Wildman–Crippen LogP) is 20.8. The highest BCUT2D eigenvalue weighted by atomic mass is 27.2. The molecule has 0 heterocycles. The molecule has 3 unspecified atom stereocenters. The lowest BCUT2D eigenvalue weighted by Crippen LogP contribution is -2.25. The van der Waals surface area contributed by atoms with Crippen molar-refractivity contribution in [1.82, 2.24) is 0 Å². The zero-order chi connectivity index (χ0) is 40.1. The minimum absolute atomic E-state index is 0.825. The molecule has 0 aromatic rings. The topological polar surface area (TPSA) is 0 Å². The molecular weight excluding hydrogens is 676 g/mol. The third-order valence-corrected chi connectivity index (χ3v) is 17.8. The van der Waals surface area contributed by atoms with Crippen LogP contribution in [-0.2, 0) is 0 Å². The van der Waals surface area contributed by atoms with Gasteiger partial charge in [-0.3, -0.25) is 0 Å². The summed E-state index contributed by atoms with van der Waals surface area (Å²) in [6.45, 7) is 14.3. The Morgan fingerprint density at radius 3 is 0.509 bits per heavy atom. The molecule has 0 nitrogen and oxygen atoms in total. The van der Waals surface area contributed by atoms with Crippen LogP contribution in [0.1, 0.15) is 311 Å². The maximum atomic E-state index is 2.39. The molecule has 55 heavy (non-hydrogen) atoms. The normalized spacial score (nSPS) is 13.4. The van der Waals surface area contributed by atoms with Gasteiger partial charge in [0.15, 0.2) is 0 Å². The lowest BCUT2D eigenvalue weighted by molar-refractivity contribution is 0.403. The fraction of sp³-hybridized carbons (Fsp3) is 1.00. The zero-order valence-corrected chi connectivity index (χ0v) is 41.3. The molecule has 0 amide bonds. The number of hydrogen-bond donors (Lipinski definition) is 0. The standard InChI is InChI=1S/3C18H37.Al/c3*1-4-6-8-10-11-13-15-17-18(3)16-14-12-9-7-5-2;/h3*18H,3-17H2,1-2H3;. The molecule has 0 saturated heterocycles. The van der Waals surface area contributed by atoms with Crippen molar-refractivity contribution >= 4 is 14.1 Å². The number of rotatable bonds is 48. The third-order valence-electron chi connectivity index (χ3n) is 13.8. The van der Waals surface area contributed by atoms with Crippen LogP contribution in [0.2, 0.25) is 15.8 Å². The van der Waals surface area contributed by atoms with Crippen LogP contribution in [0.5, 0.6) is 0 Å². The highest BCUT2D eigenvalue weighted by Gasteiger charge is 2.28. The second-order valence-electron chi connectivity index (χ2n) is 19.5. The lowest BCUT2D eigenvalue weighted by atomic mass is 9.95. The van der Waals surface area contributed by atoms with E-state index < -0.39 is 14.1 Å². The molecule has 0 aliphatic heterocycles. The van der Waals surface area contributed by atoms with Crippen LogP contribution in [0, 0.1) is 17.8 Å². The summed E-state index contributed by atoms with van der Waals surface area (Å²) in [4.78, 5) is 0. The van der Waals surface area contributed by atoms with E-state index >= 15 is 0 Å². The van der Waals surface area contributed by atoms with E-state index in [0.29, 0.717) is 0 Å². The second kappa shape index (κ2) is 47.2. The Labute approximate surface area is 357 Å². The van der Waals surface area contributed by atoms with E-state index in [1.165, 1.54) is 231 Å². The molecule has 0 aromatic carbocycles. The van der Waals surface area contributed by atoms with Gasteiger partial charge in [0.25, 0.3) is 14.1 Å². The van der Waals surface area contributed by atoms with E-state index in [1.807, 2.05) is 0 Å². The summed E-state index contributed by atoms with van der Waals surface area (Å²) in [5.41, 5.74) is 0. The molecule has 0 aliphatic carbocycles. The predicted molar refractivity (Wildman–Crippen MR) is 259 cm³/mol. The molecule has 0 spiro atoms. The van der Waals surface area contributed by atoms with Crippen molar-refractivity contribution in [2.24, 2.45) is 17.8 Å². The summed E-state index contributed by atoms with van der Waals surface area (Å²) in [7, 11) is 0. The van der Waals surface area contributed by atoms with Gasteiger partial charge in [-0.2, -0.15) is 0 Å². The van der Waals surface area contributed by atoms with Gasteiger partial charge in [-0.15, -0.1) is 0 Å². The minimum atomic E-state index is -0.825. The Kier molecular flexibility index (Phi) is 47.7. The molecule has 0 radical (unpaired) electrons. The van der Waals surface area contributed by atoms with Crippen LogP contribution in [0.3, 0.4) is 0 Å². The van der Waals surface area contributed by atoms with Crippen molar-refractivity contribution in [3.63, 3.8) is 0 Å². The van der Waals surface area contributed by atoms with Crippen LogP contribution in [0.25, 0.3) is 0 Å². The summed E-state index contributed by atoms with van der Waals surface area (Å²) in [5, 5.41) is 5.16. The Morgan fingerprint density at radius 2 is 0.345 bits per heavy atom. The van der Waals surface area contributed by atoms with Gasteiger partial charge in [0.2, 0.25) is 0 Å². The van der Waals surface area contributed by atoms with E-state index in [0.717, 1.165) is 17.8 Å². The maximum absolute atomic E-state index is 2.39. The highest BCUT2D eigenvalue weighted by Crippen LogP contribution is 2.35. The van der Waals surface area contributed by atoms with Gasteiger partial charge >= 0.3 is 0 Å². The Balaban J connectivity index is 5.96. The summed E-state index contributed by atoms with van der Waals surface area (Å²) < 4.78 is 0. The van der Waals surface area contributed by atoms with E-state index in [2.05, 4.69) is 41.5 Å². The van der Waals surface area contributed by atoms with Gasteiger partial charge in [-0.05, 0) is 0 Å². The van der Waals surface area contributed by atoms with Gasteiger partial charge in [0.1, 0.15) is 0 Å². The van der Waals surface area contributed by atoms with Gasteiger partial charge < -0.3 is 0 Å². The van der Waals surface area contributed by atoms with Crippen molar-refractivity contribution in [3.05, 3.63) is 0 Å². The average Bonchev–Trinajstić information content (AvgIpc) is 3.19. The summed E-state index contributed by atoms with van der Waals surface area (Å²) in [6, 6.07) is 0. The number of hydrogen-bond acceptors (Lipinski definition) is 0. The molecule has 0 rings (SSSR count). The fourth-order valence-electron chi connectivity index (χ4n) is 10.1. The van der Waals surface area contributed by atoms with E-state index in [1.54, 1.807) is 54.4 Å². The first-order valence-electron chi connectivity index (χ1n) is 27.1. The van der Waals surface area contributed by atoms with Crippen LogP contribution in [0.15, 0.2) is 0 Å². The van der Waals surface area contributed by atoms with E-state index in [4.69, 9.17) is 0 Å². The number of unbranched alkanes of at least 4 members (excludes halogenated alkanes) is 30. The summed E-state index contributed by atoms with van der Waals surface area (Å²) in [6.07, 6.45) is 62.5. The van der Waals surface area contributed by atoms with Crippen molar-refractivity contribution in [3.8, 4) is 0 Å². The Morgan fingerprint density at radius 1 is 0.200 bits per heavy atom. The molecule has 1 heteroatoms. The van der Waals surface area contributed by atoms with Crippen LogP contribution in [-0.4, -0.2) is 14.1 Å². The SMILES string of the molecule is CCCCCCCCCC(CCCCCCC)[CH2][Al]([CH2]C(CCCCCCC)CCCCCCCCC)[CH2]C(CCCCCCC)CCCCCCCCC. The second-order valence-corrected chi connectivity index (χ2v) is 22.7. The molecule has 330 valence electrons. The largest absolute Gasteiger partial charge is 0.262 e. The zero-order valence-electron chi connectivity index (χ0n) is 40.1. The van der Waals surface area contributed by atoms with Gasteiger partial charge in [-0.1, -0.05) is 345 Å². The van der Waals surface area contributed by atoms with Crippen LogP contribution in [0.4, 0.5) is 0 Å². The molecule has 3 atom stereocenters.